The van der Waals surface area contributed by atoms with Gasteiger partial charge in [-0.05, 0) is 20.5 Å². The van der Waals surface area contributed by atoms with Gasteiger partial charge < -0.3 is 10.0 Å². The Morgan fingerprint density at radius 3 is 1.70 bits per heavy atom. The number of likely N-dealkylation sites (N-methyl/N-ethyl adjacent to an activating group) is 1. The number of hydrogen-bond donors (Lipinski definition) is 1. The van der Waals surface area contributed by atoms with E-state index in [1.165, 1.54) is 0 Å². The Bertz CT molecular complexity index is 51.2. The molecule has 1 atom stereocenters. The molecule has 0 rings (SSSR count). The first kappa shape index (κ1) is 12.6. The third kappa shape index (κ3) is 6.05. The van der Waals surface area contributed by atoms with Crippen molar-refractivity contribution in [3.05, 3.63) is 0 Å². The van der Waals surface area contributed by atoms with Crippen LogP contribution in [0.4, 0.5) is 0 Å². The van der Waals surface area contributed by atoms with Gasteiger partial charge in [0.15, 0.2) is 0 Å². The van der Waals surface area contributed by atoms with Crippen LogP contribution in [0, 0.1) is 0 Å². The zero-order valence-corrected chi connectivity index (χ0v) is 7.89. The van der Waals surface area contributed by atoms with E-state index >= 15 is 0 Å². The maximum absolute atomic E-state index is 8.65. The summed E-state index contributed by atoms with van der Waals surface area (Å²) in [6.07, 6.45) is 1.02. The van der Waals surface area contributed by atoms with Crippen molar-refractivity contribution in [1.29, 1.82) is 0 Å². The summed E-state index contributed by atoms with van der Waals surface area (Å²) >= 11 is 0. The normalized spacial score (nSPS) is 12.3. The molecule has 1 N–H and O–H groups in total. The van der Waals surface area contributed by atoms with Gasteiger partial charge in [-0.25, -0.2) is 0 Å². The first-order valence-electron chi connectivity index (χ1n) is 3.99. The van der Waals surface area contributed by atoms with Crippen LogP contribution < -0.4 is 0 Å². The summed E-state index contributed by atoms with van der Waals surface area (Å²) in [6.45, 7) is 6.34. The second-order valence-electron chi connectivity index (χ2n) is 2.21. The fourth-order valence-corrected chi connectivity index (χ4v) is 0.658. The highest BCUT2D eigenvalue weighted by Gasteiger charge is 2.04. The van der Waals surface area contributed by atoms with E-state index in [4.69, 9.17) is 5.11 Å². The average Bonchev–Trinajstić information content (AvgIpc) is 1.94. The van der Waals surface area contributed by atoms with Crippen LogP contribution in [0.15, 0.2) is 0 Å². The molecule has 0 amide bonds. The lowest BCUT2D eigenvalue weighted by Crippen LogP contribution is -2.30. The van der Waals surface area contributed by atoms with E-state index in [9.17, 15) is 0 Å². The molecule has 10 heavy (non-hydrogen) atoms. The van der Waals surface area contributed by atoms with Crippen molar-refractivity contribution in [3.8, 4) is 0 Å². The molecule has 64 valence electrons. The maximum Gasteiger partial charge on any atom is 0.0586 e. The van der Waals surface area contributed by atoms with Gasteiger partial charge in [0.25, 0.3) is 0 Å². The lowest BCUT2D eigenvalue weighted by Gasteiger charge is -2.19. The predicted molar refractivity (Wildman–Crippen MR) is 46.2 cm³/mol. The number of nitrogens with zero attached hydrogens (tertiary/aromatic N) is 1. The first-order chi connectivity index (χ1) is 4.72. The van der Waals surface area contributed by atoms with Crippen LogP contribution >= 0.6 is 0 Å². The molecular formula is C8H21NO. The molecule has 0 aliphatic carbocycles. The fraction of sp³-hybridized carbons (Fsp3) is 1.00. The summed E-state index contributed by atoms with van der Waals surface area (Å²) in [5.74, 6) is 0. The topological polar surface area (TPSA) is 23.5 Å². The number of rotatable bonds is 3. The highest BCUT2D eigenvalue weighted by Crippen LogP contribution is 1.95. The predicted octanol–water partition coefficient (Wildman–Crippen LogP) is 1.35. The van der Waals surface area contributed by atoms with Crippen LogP contribution in [0.3, 0.4) is 0 Å². The van der Waals surface area contributed by atoms with Gasteiger partial charge in [0, 0.05) is 6.04 Å². The summed E-state index contributed by atoms with van der Waals surface area (Å²) in [5.41, 5.74) is 0. The Kier molecular flexibility index (Phi) is 11.2. The molecule has 2 heteroatoms. The standard InChI is InChI=1S/C6H15NO.C2H6/c1-4-6(5-8)7(2)3;1-2/h6,8H,4-5H2,1-3H3;1-2H3. The van der Waals surface area contributed by atoms with Crippen LogP contribution in [0.1, 0.15) is 27.2 Å². The summed E-state index contributed by atoms with van der Waals surface area (Å²) < 4.78 is 0. The minimum atomic E-state index is 0.267. The van der Waals surface area contributed by atoms with Gasteiger partial charge in [0.1, 0.15) is 0 Å². The molecule has 0 aliphatic rings. The summed E-state index contributed by atoms with van der Waals surface area (Å²) in [5, 5.41) is 8.65. The maximum atomic E-state index is 8.65. The largest absolute Gasteiger partial charge is 0.395 e. The van der Waals surface area contributed by atoms with Crippen molar-refractivity contribution in [3.63, 3.8) is 0 Å². The molecule has 0 aromatic rings. The number of aliphatic hydroxyl groups is 1. The molecule has 0 fully saturated rings. The molecule has 0 radical (unpaired) electrons. The van der Waals surface area contributed by atoms with Gasteiger partial charge in [-0.2, -0.15) is 0 Å². The molecule has 0 aromatic carbocycles. The summed E-state index contributed by atoms with van der Waals surface area (Å²) in [6, 6.07) is 0.343. The Hall–Kier alpha value is -0.0800. The lowest BCUT2D eigenvalue weighted by atomic mass is 10.2. The Balaban J connectivity index is 0. The molecule has 0 spiro atoms. The zero-order chi connectivity index (χ0) is 8.57. The number of aliphatic hydroxyl groups excluding tert-OH is 1. The SMILES string of the molecule is CC.CCC(CO)N(C)C. The molecule has 1 unspecified atom stereocenters. The van der Waals surface area contributed by atoms with Gasteiger partial charge in [-0.3, -0.25) is 0 Å². The van der Waals surface area contributed by atoms with Gasteiger partial charge in [0.05, 0.1) is 6.61 Å². The first-order valence-corrected chi connectivity index (χ1v) is 3.99. The molecule has 0 heterocycles. The molecule has 0 saturated heterocycles. The third-order valence-corrected chi connectivity index (χ3v) is 1.41. The molecule has 0 bridgehead atoms. The monoisotopic (exact) mass is 147 g/mol. The van der Waals surface area contributed by atoms with E-state index in [-0.39, 0.29) is 6.61 Å². The van der Waals surface area contributed by atoms with Crippen LogP contribution in [-0.4, -0.2) is 36.8 Å². The van der Waals surface area contributed by atoms with Gasteiger partial charge in [-0.1, -0.05) is 20.8 Å². The molecule has 0 aliphatic heterocycles. The van der Waals surface area contributed by atoms with Crippen molar-refractivity contribution in [2.24, 2.45) is 0 Å². The highest BCUT2D eigenvalue weighted by molar-refractivity contribution is 4.59. The number of hydrogen-bond acceptors (Lipinski definition) is 2. The quantitative estimate of drug-likeness (QED) is 0.651. The van der Waals surface area contributed by atoms with Crippen LogP contribution in [0.5, 0.6) is 0 Å². The van der Waals surface area contributed by atoms with E-state index in [0.29, 0.717) is 6.04 Å². The summed E-state index contributed by atoms with van der Waals surface area (Å²) in [4.78, 5) is 2.03. The Labute approximate surface area is 64.9 Å². The van der Waals surface area contributed by atoms with E-state index < -0.39 is 0 Å². The van der Waals surface area contributed by atoms with Crippen molar-refractivity contribution in [2.45, 2.75) is 33.2 Å². The average molecular weight is 147 g/mol. The molecular weight excluding hydrogens is 126 g/mol. The minimum Gasteiger partial charge on any atom is -0.395 e. The second kappa shape index (κ2) is 8.92. The van der Waals surface area contributed by atoms with Crippen molar-refractivity contribution in [1.82, 2.24) is 4.90 Å². The highest BCUT2D eigenvalue weighted by atomic mass is 16.3. The van der Waals surface area contributed by atoms with E-state index in [2.05, 4.69) is 6.92 Å². The lowest BCUT2D eigenvalue weighted by molar-refractivity contribution is 0.166. The van der Waals surface area contributed by atoms with E-state index in [1.807, 2.05) is 32.8 Å². The molecule has 0 saturated carbocycles. The fourth-order valence-electron chi connectivity index (χ4n) is 0.658. The van der Waals surface area contributed by atoms with Crippen LogP contribution in [-0.2, 0) is 0 Å². The zero-order valence-electron chi connectivity index (χ0n) is 7.89. The third-order valence-electron chi connectivity index (χ3n) is 1.41. The van der Waals surface area contributed by atoms with Crippen molar-refractivity contribution in [2.75, 3.05) is 20.7 Å². The van der Waals surface area contributed by atoms with E-state index in [1.54, 1.807) is 0 Å². The molecule has 2 nitrogen and oxygen atoms in total. The summed E-state index contributed by atoms with van der Waals surface area (Å²) in [7, 11) is 3.95. The smallest absolute Gasteiger partial charge is 0.0586 e. The van der Waals surface area contributed by atoms with Gasteiger partial charge >= 0.3 is 0 Å². The Morgan fingerprint density at radius 1 is 1.30 bits per heavy atom. The molecule has 0 aromatic heterocycles. The van der Waals surface area contributed by atoms with Gasteiger partial charge in [-0.15, -0.1) is 0 Å². The minimum absolute atomic E-state index is 0.267. The van der Waals surface area contributed by atoms with Crippen LogP contribution in [0.25, 0.3) is 0 Å². The van der Waals surface area contributed by atoms with E-state index in [0.717, 1.165) is 6.42 Å². The van der Waals surface area contributed by atoms with Crippen LogP contribution in [0.2, 0.25) is 0 Å². The van der Waals surface area contributed by atoms with Gasteiger partial charge in [0.2, 0.25) is 0 Å². The van der Waals surface area contributed by atoms with Crippen molar-refractivity contribution >= 4 is 0 Å². The second-order valence-corrected chi connectivity index (χ2v) is 2.21. The van der Waals surface area contributed by atoms with Crippen molar-refractivity contribution < 1.29 is 5.11 Å². The Morgan fingerprint density at radius 2 is 1.70 bits per heavy atom.